The Bertz CT molecular complexity index is 1150. The van der Waals surface area contributed by atoms with Crippen LogP contribution in [0, 0.1) is 5.82 Å². The molecular weight excluding hydrogens is 511 g/mol. The number of hydrogen-bond donors (Lipinski definition) is 0. The monoisotopic (exact) mass is 558 g/mol. The minimum Gasteiger partial charge on any atom is -0.332 e. The highest BCUT2D eigenvalue weighted by atomic mass is 32.3. The van der Waals surface area contributed by atoms with Gasteiger partial charge in [-0.05, 0) is 65.3 Å². The minimum absolute atomic E-state index is 0.0480. The molecule has 0 unspecified atom stereocenters. The summed E-state index contributed by atoms with van der Waals surface area (Å²) in [6.45, 7) is 20.0. The molecule has 1 aromatic carbocycles. The SMILES string of the molecule is CC.CC(C)c1nc(C(C)C)c(CSc2ccncc2)c(-c2ccc(F)cc2)c1COS(C)(C)C(C)(C)C. The van der Waals surface area contributed by atoms with E-state index in [1.807, 2.05) is 50.5 Å². The Morgan fingerprint density at radius 2 is 1.39 bits per heavy atom. The first kappa shape index (κ1) is 32.3. The number of benzene rings is 1. The molecule has 0 amide bonds. The highest BCUT2D eigenvalue weighted by molar-refractivity contribution is 8.29. The molecule has 0 spiro atoms. The van der Waals surface area contributed by atoms with Gasteiger partial charge in [0.05, 0.1) is 6.61 Å². The summed E-state index contributed by atoms with van der Waals surface area (Å²) in [4.78, 5) is 10.6. The number of thioether (sulfide) groups is 1. The van der Waals surface area contributed by atoms with Crippen LogP contribution >= 0.6 is 22.1 Å². The van der Waals surface area contributed by atoms with E-state index < -0.39 is 10.3 Å². The van der Waals surface area contributed by atoms with E-state index in [0.29, 0.717) is 6.61 Å². The predicted octanol–water partition coefficient (Wildman–Crippen LogP) is 10.1. The number of hydrogen-bond acceptors (Lipinski definition) is 4. The first-order chi connectivity index (χ1) is 17.8. The van der Waals surface area contributed by atoms with Crippen molar-refractivity contribution < 1.29 is 8.57 Å². The van der Waals surface area contributed by atoms with Crippen molar-refractivity contribution in [2.45, 2.75) is 96.2 Å². The van der Waals surface area contributed by atoms with Crippen molar-refractivity contribution in [1.29, 1.82) is 0 Å². The van der Waals surface area contributed by atoms with Crippen molar-refractivity contribution in [2.24, 2.45) is 0 Å². The maximum Gasteiger partial charge on any atom is 0.123 e. The van der Waals surface area contributed by atoms with Gasteiger partial charge in [-0.25, -0.2) is 4.39 Å². The summed E-state index contributed by atoms with van der Waals surface area (Å²) in [5.41, 5.74) is 6.64. The van der Waals surface area contributed by atoms with E-state index in [1.54, 1.807) is 23.9 Å². The van der Waals surface area contributed by atoms with Crippen LogP contribution in [0.3, 0.4) is 0 Å². The Morgan fingerprint density at radius 3 is 1.89 bits per heavy atom. The Morgan fingerprint density at radius 1 is 0.868 bits per heavy atom. The van der Waals surface area contributed by atoms with Crippen molar-refractivity contribution in [3.63, 3.8) is 0 Å². The van der Waals surface area contributed by atoms with Crippen LogP contribution in [0.15, 0.2) is 53.7 Å². The molecular formula is C32H47FN2OS2. The maximum atomic E-state index is 14.0. The van der Waals surface area contributed by atoms with Gasteiger partial charge >= 0.3 is 0 Å². The summed E-state index contributed by atoms with van der Waals surface area (Å²) in [7, 11) is -1.34. The van der Waals surface area contributed by atoms with Crippen LogP contribution in [0.2, 0.25) is 0 Å². The van der Waals surface area contributed by atoms with Crippen LogP contribution in [0.25, 0.3) is 11.1 Å². The molecule has 0 radical (unpaired) electrons. The molecule has 0 atom stereocenters. The number of pyridine rings is 2. The number of nitrogens with zero attached hydrogens (tertiary/aromatic N) is 2. The molecule has 3 nitrogen and oxygen atoms in total. The molecule has 2 heterocycles. The van der Waals surface area contributed by atoms with E-state index in [2.05, 4.69) is 66.0 Å². The largest absolute Gasteiger partial charge is 0.332 e. The van der Waals surface area contributed by atoms with Crippen LogP contribution in [0.5, 0.6) is 0 Å². The topological polar surface area (TPSA) is 35.0 Å². The molecule has 0 fully saturated rings. The number of halogens is 1. The van der Waals surface area contributed by atoms with Crippen LogP contribution in [-0.4, -0.2) is 27.2 Å². The molecule has 0 N–H and O–H groups in total. The first-order valence-electron chi connectivity index (χ1n) is 13.5. The zero-order chi connectivity index (χ0) is 28.7. The minimum atomic E-state index is -1.34. The lowest BCUT2D eigenvalue weighted by Crippen LogP contribution is -2.25. The second-order valence-corrected chi connectivity index (χ2v) is 16.1. The van der Waals surface area contributed by atoms with Crippen LogP contribution < -0.4 is 0 Å². The highest BCUT2D eigenvalue weighted by Crippen LogP contribution is 2.55. The van der Waals surface area contributed by atoms with Gasteiger partial charge in [0, 0.05) is 44.7 Å². The molecule has 2 aromatic heterocycles. The molecule has 0 saturated heterocycles. The molecule has 0 bridgehead atoms. The van der Waals surface area contributed by atoms with Crippen LogP contribution in [0.1, 0.15) is 96.7 Å². The molecule has 210 valence electrons. The average molecular weight is 559 g/mol. The Labute approximate surface area is 237 Å². The summed E-state index contributed by atoms with van der Waals surface area (Å²) in [6, 6.07) is 11.0. The van der Waals surface area contributed by atoms with E-state index in [-0.39, 0.29) is 22.4 Å². The third kappa shape index (κ3) is 8.06. The Balaban J connectivity index is 0.00000247. The Hall–Kier alpha value is -1.89. The van der Waals surface area contributed by atoms with Gasteiger partial charge in [-0.15, -0.1) is 22.1 Å². The third-order valence-electron chi connectivity index (χ3n) is 6.70. The third-order valence-corrected chi connectivity index (χ3v) is 11.4. The van der Waals surface area contributed by atoms with Crippen molar-refractivity contribution in [2.75, 3.05) is 12.5 Å². The van der Waals surface area contributed by atoms with Gasteiger partial charge in [0.25, 0.3) is 0 Å². The standard InChI is InChI=1S/C30H41FN2OS2.C2H6/c1-20(2)28-25(18-34-36(8,9)30(5,6)7)27(22-10-12-23(31)13-11-22)26(29(33-28)21(3)4)19-35-24-14-16-32-17-15-24;1-2/h10-17,20-21H,18-19H2,1-9H3;1-2H3. The van der Waals surface area contributed by atoms with Crippen LogP contribution in [0.4, 0.5) is 4.39 Å². The van der Waals surface area contributed by atoms with Crippen molar-refractivity contribution in [3.05, 3.63) is 77.1 Å². The molecule has 0 aliphatic rings. The first-order valence-corrected chi connectivity index (χ1v) is 16.9. The molecule has 3 aromatic rings. The van der Waals surface area contributed by atoms with E-state index in [9.17, 15) is 4.39 Å². The molecule has 0 aliphatic carbocycles. The Kier molecular flexibility index (Phi) is 11.9. The molecule has 0 aliphatic heterocycles. The van der Waals surface area contributed by atoms with E-state index in [0.717, 1.165) is 38.7 Å². The lowest BCUT2D eigenvalue weighted by atomic mass is 9.88. The maximum absolute atomic E-state index is 14.0. The summed E-state index contributed by atoms with van der Waals surface area (Å²) < 4.78 is 20.8. The molecule has 38 heavy (non-hydrogen) atoms. The van der Waals surface area contributed by atoms with Crippen molar-refractivity contribution in [3.8, 4) is 11.1 Å². The van der Waals surface area contributed by atoms with Gasteiger partial charge in [-0.3, -0.25) is 9.97 Å². The van der Waals surface area contributed by atoms with Gasteiger partial charge in [0.15, 0.2) is 0 Å². The second kappa shape index (κ2) is 14.0. The van der Waals surface area contributed by atoms with Gasteiger partial charge in [0.2, 0.25) is 0 Å². The summed E-state index contributed by atoms with van der Waals surface area (Å²) in [5, 5.41) is 0. The van der Waals surface area contributed by atoms with E-state index in [1.165, 1.54) is 5.56 Å². The number of aromatic nitrogens is 2. The lowest BCUT2D eigenvalue weighted by molar-refractivity contribution is 0.336. The molecule has 6 heteroatoms. The quantitative estimate of drug-likeness (QED) is 0.245. The fourth-order valence-corrected chi connectivity index (χ4v) is 5.57. The van der Waals surface area contributed by atoms with Gasteiger partial charge in [-0.1, -0.05) is 74.4 Å². The van der Waals surface area contributed by atoms with Crippen LogP contribution in [-0.2, 0) is 16.5 Å². The van der Waals surface area contributed by atoms with Gasteiger partial charge in [0.1, 0.15) is 5.82 Å². The summed E-state index contributed by atoms with van der Waals surface area (Å²) in [5.74, 6) is 1.01. The van der Waals surface area contributed by atoms with Gasteiger partial charge < -0.3 is 4.18 Å². The summed E-state index contributed by atoms with van der Waals surface area (Å²) >= 11 is 1.78. The average Bonchev–Trinajstić information content (AvgIpc) is 2.87. The molecule has 3 rings (SSSR count). The lowest BCUT2D eigenvalue weighted by Gasteiger charge is -2.44. The fourth-order valence-electron chi connectivity index (χ4n) is 3.89. The zero-order valence-electron chi connectivity index (χ0n) is 25.2. The normalized spacial score (nSPS) is 12.5. The smallest absolute Gasteiger partial charge is 0.123 e. The number of rotatable bonds is 9. The second-order valence-electron chi connectivity index (χ2n) is 11.1. The molecule has 0 saturated carbocycles. The highest BCUT2D eigenvalue weighted by Gasteiger charge is 2.31. The van der Waals surface area contributed by atoms with Gasteiger partial charge in [-0.2, -0.15) is 0 Å². The van der Waals surface area contributed by atoms with E-state index in [4.69, 9.17) is 9.17 Å². The van der Waals surface area contributed by atoms with Crippen molar-refractivity contribution in [1.82, 2.24) is 9.97 Å². The zero-order valence-corrected chi connectivity index (χ0v) is 26.8. The van der Waals surface area contributed by atoms with E-state index >= 15 is 0 Å². The van der Waals surface area contributed by atoms with Crippen molar-refractivity contribution >= 4 is 22.1 Å². The predicted molar refractivity (Wildman–Crippen MR) is 167 cm³/mol. The summed E-state index contributed by atoms with van der Waals surface area (Å²) in [6.07, 6.45) is 8.11. The fraction of sp³-hybridized carbons (Fsp3) is 0.500.